The average molecular weight is 310 g/mol. The van der Waals surface area contributed by atoms with E-state index in [-0.39, 0.29) is 5.75 Å². The number of aromatic nitrogens is 1. The van der Waals surface area contributed by atoms with Gasteiger partial charge in [0.15, 0.2) is 0 Å². The highest BCUT2D eigenvalue weighted by Crippen LogP contribution is 2.29. The molecule has 1 aromatic heterocycles. The fraction of sp³-hybridized carbons (Fsp3) is 0.231. The van der Waals surface area contributed by atoms with E-state index in [2.05, 4.69) is 4.98 Å². The highest BCUT2D eigenvalue weighted by atomic mass is 32.2. The third-order valence-corrected chi connectivity index (χ3v) is 5.26. The lowest BCUT2D eigenvalue weighted by molar-refractivity contribution is 0.475. The largest absolute Gasteiger partial charge is 0.505 e. The number of phenols is 1. The normalized spacial score (nSPS) is 10.6. The molecule has 2 aromatic rings. The smallest absolute Gasteiger partial charge is 0.145 e. The quantitative estimate of drug-likeness (QED) is 0.686. The van der Waals surface area contributed by atoms with Crippen LogP contribution in [-0.2, 0) is 6.42 Å². The fourth-order valence-electron chi connectivity index (χ4n) is 1.82. The third kappa shape index (κ3) is 3.13. The zero-order chi connectivity index (χ0) is 13.8. The maximum atomic E-state index is 10.3. The van der Waals surface area contributed by atoms with Gasteiger partial charge in [-0.3, -0.25) is 8.69 Å². The van der Waals surface area contributed by atoms with E-state index in [0.717, 1.165) is 15.9 Å². The van der Waals surface area contributed by atoms with Gasteiger partial charge in [0.1, 0.15) is 16.3 Å². The predicted octanol–water partition coefficient (Wildman–Crippen LogP) is 3.67. The Balaban J connectivity index is 2.31. The lowest BCUT2D eigenvalue weighted by atomic mass is 10.1. The van der Waals surface area contributed by atoms with Crippen molar-refractivity contribution in [2.24, 2.45) is 0 Å². The van der Waals surface area contributed by atoms with Crippen molar-refractivity contribution >= 4 is 52.0 Å². The van der Waals surface area contributed by atoms with Crippen molar-refractivity contribution in [3.8, 4) is 5.75 Å². The maximum Gasteiger partial charge on any atom is 0.145 e. The number of hydrogen-bond donors (Lipinski definition) is 1. The molecular formula is C13H14N2OS3. The van der Waals surface area contributed by atoms with Crippen LogP contribution in [0.25, 0.3) is 10.9 Å². The van der Waals surface area contributed by atoms with Gasteiger partial charge in [0.05, 0.1) is 0 Å². The van der Waals surface area contributed by atoms with Gasteiger partial charge in [0, 0.05) is 36.1 Å². The van der Waals surface area contributed by atoms with Gasteiger partial charge >= 0.3 is 0 Å². The topological polar surface area (TPSA) is 36.4 Å². The Hall–Kier alpha value is -0.980. The molecule has 0 spiro atoms. The molecule has 0 aliphatic rings. The molecule has 1 aromatic carbocycles. The van der Waals surface area contributed by atoms with Gasteiger partial charge in [-0.15, -0.1) is 0 Å². The summed E-state index contributed by atoms with van der Waals surface area (Å²) < 4.78 is 1.96. The van der Waals surface area contributed by atoms with Crippen LogP contribution in [0.1, 0.15) is 5.56 Å². The number of hydrogen-bond acceptors (Lipinski definition) is 5. The van der Waals surface area contributed by atoms with E-state index in [1.165, 1.54) is 0 Å². The van der Waals surface area contributed by atoms with Crippen molar-refractivity contribution in [3.05, 3.63) is 36.0 Å². The summed E-state index contributed by atoms with van der Waals surface area (Å²) in [6, 6.07) is 7.66. The van der Waals surface area contributed by atoms with Gasteiger partial charge in [0.2, 0.25) is 0 Å². The van der Waals surface area contributed by atoms with Gasteiger partial charge in [-0.1, -0.05) is 30.4 Å². The van der Waals surface area contributed by atoms with Crippen LogP contribution in [0.3, 0.4) is 0 Å². The molecule has 0 aliphatic heterocycles. The molecule has 0 radical (unpaired) electrons. The summed E-state index contributed by atoms with van der Waals surface area (Å²) in [4.78, 5) is 5.00. The van der Waals surface area contributed by atoms with Crippen LogP contribution < -0.4 is 0 Å². The number of phenolic OH excluding ortho intramolecular Hbond substituents is 1. The van der Waals surface area contributed by atoms with Crippen LogP contribution in [0.2, 0.25) is 0 Å². The van der Waals surface area contributed by atoms with Crippen LogP contribution in [0.4, 0.5) is 0 Å². The summed E-state index contributed by atoms with van der Waals surface area (Å²) in [7, 11) is 0. The molecule has 6 heteroatoms. The molecule has 1 heterocycles. The molecule has 0 fully saturated rings. The second kappa shape index (κ2) is 6.45. The molecule has 19 heavy (non-hydrogen) atoms. The standard InChI is InChI=1S/C13H14N2OS3/c1-18-15(19-2)11(17)8-10-6-5-9-4-3-7-14-12(9)13(10)16/h3-7,16H,8H2,1-2H3. The number of nitrogens with zero attached hydrogens (tertiary/aromatic N) is 2. The van der Waals surface area contributed by atoms with E-state index in [4.69, 9.17) is 12.2 Å². The molecule has 0 amide bonds. The summed E-state index contributed by atoms with van der Waals surface area (Å²) in [5.74, 6) is 0.225. The Morgan fingerprint density at radius 1 is 1.32 bits per heavy atom. The number of pyridine rings is 1. The fourth-order valence-corrected chi connectivity index (χ4v) is 3.56. The molecule has 0 bridgehead atoms. The first kappa shape index (κ1) is 14.4. The van der Waals surface area contributed by atoms with E-state index < -0.39 is 0 Å². The van der Waals surface area contributed by atoms with Gasteiger partial charge in [-0.25, -0.2) is 0 Å². The Kier molecular flexibility index (Phi) is 4.90. The second-order valence-electron chi connectivity index (χ2n) is 3.84. The van der Waals surface area contributed by atoms with Crippen LogP contribution in [0, 0.1) is 0 Å². The minimum absolute atomic E-state index is 0.225. The molecule has 3 nitrogen and oxygen atoms in total. The SMILES string of the molecule is CSN(SC)C(=S)Cc1ccc2cccnc2c1O. The van der Waals surface area contributed by atoms with Crippen LogP contribution in [0.5, 0.6) is 5.75 Å². The Labute approximate surface area is 126 Å². The first-order valence-corrected chi connectivity index (χ1v) is 8.41. The van der Waals surface area contributed by atoms with Crippen molar-refractivity contribution in [2.75, 3.05) is 12.5 Å². The zero-order valence-corrected chi connectivity index (χ0v) is 13.1. The Morgan fingerprint density at radius 2 is 2.05 bits per heavy atom. The predicted molar refractivity (Wildman–Crippen MR) is 88.6 cm³/mol. The van der Waals surface area contributed by atoms with E-state index in [1.807, 2.05) is 40.5 Å². The Bertz CT molecular complexity index is 599. The summed E-state index contributed by atoms with van der Waals surface area (Å²) >= 11 is 8.52. The number of rotatable bonds is 4. The summed E-state index contributed by atoms with van der Waals surface area (Å²) in [6.45, 7) is 0. The van der Waals surface area contributed by atoms with Crippen LogP contribution in [-0.4, -0.2) is 31.3 Å². The van der Waals surface area contributed by atoms with Crippen molar-refractivity contribution in [1.29, 1.82) is 0 Å². The number of aromatic hydroxyl groups is 1. The molecule has 100 valence electrons. The van der Waals surface area contributed by atoms with Crippen molar-refractivity contribution in [3.63, 3.8) is 0 Å². The van der Waals surface area contributed by atoms with E-state index in [9.17, 15) is 5.11 Å². The lowest BCUT2D eigenvalue weighted by Gasteiger charge is -2.19. The molecule has 0 aliphatic carbocycles. The van der Waals surface area contributed by atoms with Crippen LogP contribution >= 0.6 is 36.1 Å². The summed E-state index contributed by atoms with van der Waals surface area (Å²) in [5.41, 5.74) is 1.44. The molecule has 0 unspecified atom stereocenters. The monoisotopic (exact) mass is 310 g/mol. The van der Waals surface area contributed by atoms with E-state index in [0.29, 0.717) is 11.9 Å². The lowest BCUT2D eigenvalue weighted by Crippen LogP contribution is -2.16. The Morgan fingerprint density at radius 3 is 2.74 bits per heavy atom. The van der Waals surface area contributed by atoms with Gasteiger partial charge < -0.3 is 5.11 Å². The van der Waals surface area contributed by atoms with E-state index in [1.54, 1.807) is 30.1 Å². The highest BCUT2D eigenvalue weighted by Gasteiger charge is 2.13. The molecular weight excluding hydrogens is 296 g/mol. The molecule has 0 saturated heterocycles. The van der Waals surface area contributed by atoms with Gasteiger partial charge in [-0.2, -0.15) is 0 Å². The zero-order valence-electron chi connectivity index (χ0n) is 10.7. The summed E-state index contributed by atoms with van der Waals surface area (Å²) in [5, 5.41) is 11.2. The minimum atomic E-state index is 0.225. The highest BCUT2D eigenvalue weighted by molar-refractivity contribution is 8.13. The minimum Gasteiger partial charge on any atom is -0.505 e. The van der Waals surface area contributed by atoms with Crippen molar-refractivity contribution in [1.82, 2.24) is 8.69 Å². The maximum absolute atomic E-state index is 10.3. The van der Waals surface area contributed by atoms with Crippen molar-refractivity contribution < 1.29 is 5.11 Å². The summed E-state index contributed by atoms with van der Waals surface area (Å²) in [6.07, 6.45) is 6.17. The second-order valence-corrected chi connectivity index (χ2v) is 6.00. The molecule has 0 atom stereocenters. The third-order valence-electron chi connectivity index (χ3n) is 2.71. The molecule has 0 saturated carbocycles. The van der Waals surface area contributed by atoms with Gasteiger partial charge in [0.25, 0.3) is 0 Å². The number of thiocarbonyl (C=S) groups is 1. The molecule has 1 N–H and O–H groups in total. The first-order chi connectivity index (χ1) is 9.17. The first-order valence-electron chi connectivity index (χ1n) is 5.64. The van der Waals surface area contributed by atoms with Gasteiger partial charge in [-0.05, 0) is 30.0 Å². The van der Waals surface area contributed by atoms with E-state index >= 15 is 0 Å². The average Bonchev–Trinajstić information content (AvgIpc) is 2.43. The van der Waals surface area contributed by atoms with Crippen LogP contribution in [0.15, 0.2) is 30.5 Å². The molecule has 2 rings (SSSR count). The number of benzene rings is 1. The number of fused-ring (bicyclic) bond motifs is 1. The van der Waals surface area contributed by atoms with Crippen molar-refractivity contribution in [2.45, 2.75) is 6.42 Å².